The fourth-order valence-electron chi connectivity index (χ4n) is 3.35. The van der Waals surface area contributed by atoms with Crippen molar-refractivity contribution in [3.63, 3.8) is 0 Å². The number of carbonyl (C=O) groups excluding carboxylic acids is 2. The third kappa shape index (κ3) is 1.33. The van der Waals surface area contributed by atoms with E-state index in [1.807, 2.05) is 24.3 Å². The van der Waals surface area contributed by atoms with Gasteiger partial charge in [-0.1, -0.05) is 24.3 Å². The molecule has 0 unspecified atom stereocenters. The van der Waals surface area contributed by atoms with E-state index in [4.69, 9.17) is 4.74 Å². The number of carbonyl (C=O) groups is 2. The fraction of sp³-hybridized carbons (Fsp3) is 0.250. The molecule has 3 heteroatoms. The zero-order valence-electron chi connectivity index (χ0n) is 10.4. The van der Waals surface area contributed by atoms with Crippen LogP contribution in [0.1, 0.15) is 44.7 Å². The van der Waals surface area contributed by atoms with Crippen LogP contribution in [-0.2, 0) is 17.6 Å². The molecule has 3 nitrogen and oxygen atoms in total. The van der Waals surface area contributed by atoms with Crippen LogP contribution in [0.2, 0.25) is 0 Å². The van der Waals surface area contributed by atoms with Crippen LogP contribution in [0.3, 0.4) is 0 Å². The Bertz CT molecular complexity index is 743. The van der Waals surface area contributed by atoms with Gasteiger partial charge < -0.3 is 4.74 Å². The number of ether oxygens (including phenoxy) is 1. The van der Waals surface area contributed by atoms with Crippen molar-refractivity contribution in [3.8, 4) is 0 Å². The molecule has 1 heterocycles. The van der Waals surface area contributed by atoms with Gasteiger partial charge in [-0.25, -0.2) is 9.59 Å². The topological polar surface area (TPSA) is 43.4 Å². The van der Waals surface area contributed by atoms with E-state index in [0.717, 1.165) is 42.0 Å². The van der Waals surface area contributed by atoms with Crippen molar-refractivity contribution >= 4 is 22.7 Å². The van der Waals surface area contributed by atoms with Crippen molar-refractivity contribution in [2.75, 3.05) is 0 Å². The van der Waals surface area contributed by atoms with Crippen molar-refractivity contribution < 1.29 is 14.3 Å². The minimum absolute atomic E-state index is 0.469. The van der Waals surface area contributed by atoms with Crippen LogP contribution in [0.5, 0.6) is 0 Å². The zero-order chi connectivity index (χ0) is 13.0. The average molecular weight is 252 g/mol. The summed E-state index contributed by atoms with van der Waals surface area (Å²) in [7, 11) is 0. The SMILES string of the molecule is O=C1OC(=O)c2c1c1c(c3ccccc23)CCCC1. The molecular weight excluding hydrogens is 240 g/mol. The third-order valence-corrected chi connectivity index (χ3v) is 4.13. The normalized spacial score (nSPS) is 17.3. The summed E-state index contributed by atoms with van der Waals surface area (Å²) in [5.74, 6) is -0.964. The summed E-state index contributed by atoms with van der Waals surface area (Å²) in [6.07, 6.45) is 4.05. The van der Waals surface area contributed by atoms with E-state index in [-0.39, 0.29) is 0 Å². The molecule has 0 N–H and O–H groups in total. The molecule has 2 aliphatic rings. The number of fused-ring (bicyclic) bond motifs is 6. The summed E-state index contributed by atoms with van der Waals surface area (Å²) in [6, 6.07) is 7.82. The van der Waals surface area contributed by atoms with Gasteiger partial charge in [0.05, 0.1) is 11.1 Å². The van der Waals surface area contributed by atoms with Crippen LogP contribution in [0.4, 0.5) is 0 Å². The van der Waals surface area contributed by atoms with Gasteiger partial charge in [0, 0.05) is 0 Å². The summed E-state index contributed by atoms with van der Waals surface area (Å²) in [5, 5.41) is 1.96. The average Bonchev–Trinajstić information content (AvgIpc) is 2.75. The van der Waals surface area contributed by atoms with E-state index in [2.05, 4.69) is 0 Å². The predicted octanol–water partition coefficient (Wildman–Crippen LogP) is 3.03. The lowest BCUT2D eigenvalue weighted by Crippen LogP contribution is -2.10. The van der Waals surface area contributed by atoms with Crippen LogP contribution in [0, 0.1) is 0 Å². The molecule has 0 spiro atoms. The van der Waals surface area contributed by atoms with Crippen LogP contribution in [0.25, 0.3) is 10.8 Å². The molecule has 0 aromatic heterocycles. The molecular formula is C16H12O3. The molecule has 4 rings (SSSR count). The lowest BCUT2D eigenvalue weighted by Gasteiger charge is -2.20. The van der Waals surface area contributed by atoms with Gasteiger partial charge >= 0.3 is 11.9 Å². The first kappa shape index (κ1) is 10.7. The van der Waals surface area contributed by atoms with Crippen molar-refractivity contribution in [2.45, 2.75) is 25.7 Å². The molecule has 1 aliphatic heterocycles. The maximum atomic E-state index is 11.9. The van der Waals surface area contributed by atoms with E-state index in [1.54, 1.807) is 0 Å². The van der Waals surface area contributed by atoms with Gasteiger partial charge in [-0.15, -0.1) is 0 Å². The Morgan fingerprint density at radius 2 is 1.42 bits per heavy atom. The second-order valence-electron chi connectivity index (χ2n) is 5.14. The predicted molar refractivity (Wildman–Crippen MR) is 70.3 cm³/mol. The highest BCUT2D eigenvalue weighted by molar-refractivity contribution is 6.22. The first-order valence-electron chi connectivity index (χ1n) is 6.60. The van der Waals surface area contributed by atoms with Crippen LogP contribution >= 0.6 is 0 Å². The van der Waals surface area contributed by atoms with E-state index in [1.165, 1.54) is 5.56 Å². The quantitative estimate of drug-likeness (QED) is 0.534. The molecule has 94 valence electrons. The monoisotopic (exact) mass is 252 g/mol. The van der Waals surface area contributed by atoms with Gasteiger partial charge in [-0.3, -0.25) is 0 Å². The molecule has 0 saturated carbocycles. The molecule has 0 amide bonds. The van der Waals surface area contributed by atoms with Crippen LogP contribution in [0.15, 0.2) is 24.3 Å². The summed E-state index contributed by atoms with van der Waals surface area (Å²) in [5.41, 5.74) is 3.27. The van der Waals surface area contributed by atoms with Crippen molar-refractivity contribution in [1.82, 2.24) is 0 Å². The van der Waals surface area contributed by atoms with Gasteiger partial charge in [0.15, 0.2) is 0 Å². The fourth-order valence-corrected chi connectivity index (χ4v) is 3.35. The highest BCUT2D eigenvalue weighted by atomic mass is 16.6. The molecule has 0 fully saturated rings. The summed E-state index contributed by atoms with van der Waals surface area (Å²) in [6.45, 7) is 0. The summed E-state index contributed by atoms with van der Waals surface area (Å²) >= 11 is 0. The molecule has 0 bridgehead atoms. The van der Waals surface area contributed by atoms with Gasteiger partial charge in [0.2, 0.25) is 0 Å². The second kappa shape index (κ2) is 3.67. The second-order valence-corrected chi connectivity index (χ2v) is 5.14. The maximum Gasteiger partial charge on any atom is 0.347 e. The van der Waals surface area contributed by atoms with Crippen LogP contribution in [-0.4, -0.2) is 11.9 Å². The Hall–Kier alpha value is -2.16. The lowest BCUT2D eigenvalue weighted by atomic mass is 9.82. The number of hydrogen-bond acceptors (Lipinski definition) is 3. The number of benzene rings is 2. The molecule has 2 aromatic rings. The molecule has 19 heavy (non-hydrogen) atoms. The summed E-state index contributed by atoms with van der Waals surface area (Å²) < 4.78 is 4.83. The van der Waals surface area contributed by atoms with Gasteiger partial charge in [-0.05, 0) is 47.6 Å². The van der Waals surface area contributed by atoms with Gasteiger partial charge in [0.1, 0.15) is 0 Å². The van der Waals surface area contributed by atoms with Gasteiger partial charge in [0.25, 0.3) is 0 Å². The Morgan fingerprint density at radius 1 is 0.789 bits per heavy atom. The number of esters is 2. The smallest absolute Gasteiger partial charge is 0.347 e. The Balaban J connectivity index is 2.22. The lowest BCUT2D eigenvalue weighted by molar-refractivity contribution is 0.0444. The zero-order valence-corrected chi connectivity index (χ0v) is 10.4. The molecule has 1 aliphatic carbocycles. The molecule has 0 atom stereocenters. The minimum atomic E-state index is -0.496. The standard InChI is InChI=1S/C16H12O3/c17-15-13-11-7-3-1-5-9(11)10-6-2-4-8-12(10)14(13)16(18)19-15/h1,3,5,7H,2,4,6,8H2. The Kier molecular flexibility index (Phi) is 2.07. The molecule has 0 radical (unpaired) electrons. The van der Waals surface area contributed by atoms with Crippen molar-refractivity contribution in [2.24, 2.45) is 0 Å². The number of cyclic esters (lactones) is 2. The largest absolute Gasteiger partial charge is 0.386 e. The number of rotatable bonds is 0. The molecule has 0 saturated heterocycles. The van der Waals surface area contributed by atoms with E-state index in [0.29, 0.717) is 11.1 Å². The van der Waals surface area contributed by atoms with E-state index >= 15 is 0 Å². The third-order valence-electron chi connectivity index (χ3n) is 4.13. The number of hydrogen-bond donors (Lipinski definition) is 0. The Morgan fingerprint density at radius 3 is 2.21 bits per heavy atom. The van der Waals surface area contributed by atoms with Crippen LogP contribution < -0.4 is 0 Å². The maximum absolute atomic E-state index is 11.9. The first-order valence-corrected chi connectivity index (χ1v) is 6.60. The number of aryl methyl sites for hydroxylation is 1. The minimum Gasteiger partial charge on any atom is -0.386 e. The summed E-state index contributed by atoms with van der Waals surface area (Å²) in [4.78, 5) is 23.9. The Labute approximate surface area is 110 Å². The van der Waals surface area contributed by atoms with E-state index in [9.17, 15) is 9.59 Å². The molecule has 2 aromatic carbocycles. The first-order chi connectivity index (χ1) is 9.27. The van der Waals surface area contributed by atoms with E-state index < -0.39 is 11.9 Å². The highest BCUT2D eigenvalue weighted by Crippen LogP contribution is 2.38. The van der Waals surface area contributed by atoms with Gasteiger partial charge in [-0.2, -0.15) is 0 Å². The highest BCUT2D eigenvalue weighted by Gasteiger charge is 2.36. The van der Waals surface area contributed by atoms with Crippen molar-refractivity contribution in [3.05, 3.63) is 46.5 Å². The van der Waals surface area contributed by atoms with Crippen molar-refractivity contribution in [1.29, 1.82) is 0 Å².